The lowest BCUT2D eigenvalue weighted by atomic mass is 9.90. The zero-order chi connectivity index (χ0) is 19.9. The number of pyridine rings is 1. The molecule has 28 heavy (non-hydrogen) atoms. The molecule has 4 rings (SSSR count). The van der Waals surface area contributed by atoms with Crippen molar-refractivity contribution in [3.8, 4) is 5.75 Å². The van der Waals surface area contributed by atoms with Crippen molar-refractivity contribution in [2.75, 3.05) is 19.6 Å². The van der Waals surface area contributed by atoms with Crippen molar-refractivity contribution in [2.24, 2.45) is 11.8 Å². The van der Waals surface area contributed by atoms with Gasteiger partial charge in [0.2, 0.25) is 0 Å². The molecule has 1 aromatic heterocycles. The van der Waals surface area contributed by atoms with Crippen molar-refractivity contribution in [1.82, 2.24) is 9.88 Å². The van der Waals surface area contributed by atoms with Crippen LogP contribution in [-0.2, 0) is 6.42 Å². The standard InChI is InChI=1S/C21H24F2N2O3/c22-17-2-1-3-18(23)16(17)8-21(28)6-13-10-25(11-14(13)7-21)12-20(27)19-5-4-15(26)9-24-19/h1-5,9,13-14,20,26-28H,6-8,10-12H2/t13-,14+,20?,21+. The minimum absolute atomic E-state index is 0.0153. The van der Waals surface area contributed by atoms with Gasteiger partial charge in [-0.05, 0) is 48.9 Å². The highest BCUT2D eigenvalue weighted by Gasteiger charge is 2.48. The molecule has 7 heteroatoms. The molecular weight excluding hydrogens is 366 g/mol. The predicted octanol–water partition coefficient (Wildman–Crippen LogP) is 2.41. The first kappa shape index (κ1) is 19.2. The van der Waals surface area contributed by atoms with Crippen LogP contribution >= 0.6 is 0 Å². The molecule has 2 fully saturated rings. The molecule has 4 atom stereocenters. The van der Waals surface area contributed by atoms with E-state index in [1.807, 2.05) is 0 Å². The van der Waals surface area contributed by atoms with Gasteiger partial charge in [0, 0.05) is 31.6 Å². The Hall–Kier alpha value is -2.09. The first-order chi connectivity index (χ1) is 13.3. The van der Waals surface area contributed by atoms with Gasteiger partial charge in [0.05, 0.1) is 17.5 Å². The number of halogens is 2. The average Bonchev–Trinajstić information content (AvgIpc) is 3.13. The van der Waals surface area contributed by atoms with Crippen molar-refractivity contribution < 1.29 is 24.1 Å². The number of benzene rings is 1. The van der Waals surface area contributed by atoms with Crippen LogP contribution in [0.5, 0.6) is 5.75 Å². The van der Waals surface area contributed by atoms with Crippen LogP contribution in [0.2, 0.25) is 0 Å². The maximum absolute atomic E-state index is 13.9. The Labute approximate surface area is 162 Å². The third-order valence-electron chi connectivity index (χ3n) is 6.05. The second-order valence-electron chi connectivity index (χ2n) is 8.21. The van der Waals surface area contributed by atoms with E-state index in [0.717, 1.165) is 13.1 Å². The summed E-state index contributed by atoms with van der Waals surface area (Å²) < 4.78 is 27.9. The van der Waals surface area contributed by atoms with Gasteiger partial charge in [0.15, 0.2) is 0 Å². The van der Waals surface area contributed by atoms with Crippen LogP contribution < -0.4 is 0 Å². The molecule has 1 saturated heterocycles. The second-order valence-corrected chi connectivity index (χ2v) is 8.21. The minimum Gasteiger partial charge on any atom is -0.506 e. The summed E-state index contributed by atoms with van der Waals surface area (Å²) in [6.07, 6.45) is 1.52. The number of likely N-dealkylation sites (tertiary alicyclic amines) is 1. The van der Waals surface area contributed by atoms with Crippen molar-refractivity contribution in [1.29, 1.82) is 0 Å². The molecule has 2 aromatic rings. The number of aromatic nitrogens is 1. The molecule has 0 radical (unpaired) electrons. The summed E-state index contributed by atoms with van der Waals surface area (Å²) in [5.41, 5.74) is -0.640. The first-order valence-corrected chi connectivity index (χ1v) is 9.53. The predicted molar refractivity (Wildman–Crippen MR) is 98.5 cm³/mol. The van der Waals surface area contributed by atoms with Crippen LogP contribution in [0.25, 0.3) is 0 Å². The van der Waals surface area contributed by atoms with Crippen molar-refractivity contribution >= 4 is 0 Å². The van der Waals surface area contributed by atoms with Gasteiger partial charge in [-0.25, -0.2) is 8.78 Å². The molecule has 0 amide bonds. The third kappa shape index (κ3) is 3.87. The summed E-state index contributed by atoms with van der Waals surface area (Å²) in [7, 11) is 0. The van der Waals surface area contributed by atoms with E-state index in [9.17, 15) is 24.1 Å². The smallest absolute Gasteiger partial charge is 0.133 e. The van der Waals surface area contributed by atoms with Crippen LogP contribution in [0.3, 0.4) is 0 Å². The SMILES string of the molecule is Oc1ccc(C(O)CN2C[C@@H]3C[C@](O)(Cc4c(F)cccc4F)C[C@@H]3C2)nc1. The Morgan fingerprint density at radius 2 is 1.75 bits per heavy atom. The van der Waals surface area contributed by atoms with Crippen LogP contribution in [0.1, 0.15) is 30.2 Å². The number of aliphatic hydroxyl groups excluding tert-OH is 1. The van der Waals surface area contributed by atoms with Gasteiger partial charge in [-0.3, -0.25) is 9.88 Å². The number of aromatic hydroxyl groups is 1. The number of rotatable bonds is 5. The molecule has 2 heterocycles. The Kier molecular flexibility index (Phi) is 5.07. The number of aliphatic hydroxyl groups is 2. The molecule has 0 bridgehead atoms. The summed E-state index contributed by atoms with van der Waals surface area (Å²) in [5, 5.41) is 30.6. The van der Waals surface area contributed by atoms with Gasteiger partial charge in [0.25, 0.3) is 0 Å². The van der Waals surface area contributed by atoms with Gasteiger partial charge in [-0.15, -0.1) is 0 Å². The Morgan fingerprint density at radius 3 is 2.32 bits per heavy atom. The van der Waals surface area contributed by atoms with E-state index in [1.165, 1.54) is 30.5 Å². The van der Waals surface area contributed by atoms with E-state index in [0.29, 0.717) is 25.1 Å². The molecule has 1 unspecified atom stereocenters. The summed E-state index contributed by atoms with van der Waals surface area (Å²) >= 11 is 0. The molecule has 2 aliphatic rings. The fraction of sp³-hybridized carbons (Fsp3) is 0.476. The molecule has 1 aliphatic heterocycles. The molecule has 1 saturated carbocycles. The highest BCUT2D eigenvalue weighted by molar-refractivity contribution is 5.23. The van der Waals surface area contributed by atoms with E-state index < -0.39 is 23.3 Å². The maximum Gasteiger partial charge on any atom is 0.133 e. The number of β-amino-alcohol motifs (C(OH)–C–C–N with tert-alkyl or cyclic N) is 1. The van der Waals surface area contributed by atoms with Gasteiger partial charge < -0.3 is 15.3 Å². The lowest BCUT2D eigenvalue weighted by Gasteiger charge is -2.27. The maximum atomic E-state index is 13.9. The lowest BCUT2D eigenvalue weighted by Crippen LogP contribution is -2.34. The van der Waals surface area contributed by atoms with Crippen molar-refractivity contribution in [3.05, 3.63) is 59.4 Å². The summed E-state index contributed by atoms with van der Waals surface area (Å²) in [5.74, 6) is -0.704. The molecule has 0 spiro atoms. The van der Waals surface area contributed by atoms with E-state index in [1.54, 1.807) is 6.07 Å². The molecule has 150 valence electrons. The second kappa shape index (κ2) is 7.39. The first-order valence-electron chi connectivity index (χ1n) is 9.53. The topological polar surface area (TPSA) is 76.8 Å². The summed E-state index contributed by atoms with van der Waals surface area (Å²) in [6.45, 7) is 1.87. The summed E-state index contributed by atoms with van der Waals surface area (Å²) in [4.78, 5) is 6.18. The number of hydrogen-bond donors (Lipinski definition) is 3. The van der Waals surface area contributed by atoms with Crippen molar-refractivity contribution in [3.63, 3.8) is 0 Å². The van der Waals surface area contributed by atoms with Gasteiger partial charge in [-0.1, -0.05) is 6.07 Å². The average molecular weight is 390 g/mol. The molecule has 1 aromatic carbocycles. The minimum atomic E-state index is -1.10. The van der Waals surface area contributed by atoms with Crippen LogP contribution in [0.4, 0.5) is 8.78 Å². The zero-order valence-electron chi connectivity index (χ0n) is 15.4. The zero-order valence-corrected chi connectivity index (χ0v) is 15.4. The van der Waals surface area contributed by atoms with E-state index in [4.69, 9.17) is 0 Å². The molecule has 5 nitrogen and oxygen atoms in total. The fourth-order valence-electron chi connectivity index (χ4n) is 4.81. The Balaban J connectivity index is 1.36. The van der Waals surface area contributed by atoms with Crippen LogP contribution in [-0.4, -0.2) is 50.4 Å². The highest BCUT2D eigenvalue weighted by Crippen LogP contribution is 2.46. The van der Waals surface area contributed by atoms with Gasteiger partial charge in [-0.2, -0.15) is 0 Å². The van der Waals surface area contributed by atoms with E-state index in [-0.39, 0.29) is 29.6 Å². The molecular formula is C21H24F2N2O3. The number of fused-ring (bicyclic) bond motifs is 1. The van der Waals surface area contributed by atoms with Gasteiger partial charge in [0.1, 0.15) is 23.5 Å². The van der Waals surface area contributed by atoms with Crippen LogP contribution in [0.15, 0.2) is 36.5 Å². The Bertz CT molecular complexity index is 812. The van der Waals surface area contributed by atoms with Gasteiger partial charge >= 0.3 is 0 Å². The van der Waals surface area contributed by atoms with E-state index >= 15 is 0 Å². The fourth-order valence-corrected chi connectivity index (χ4v) is 4.81. The molecule has 1 aliphatic carbocycles. The Morgan fingerprint density at radius 1 is 1.11 bits per heavy atom. The third-order valence-corrected chi connectivity index (χ3v) is 6.05. The highest BCUT2D eigenvalue weighted by atomic mass is 19.1. The largest absolute Gasteiger partial charge is 0.506 e. The summed E-state index contributed by atoms with van der Waals surface area (Å²) in [6, 6.07) is 6.86. The molecule has 3 N–H and O–H groups in total. The lowest BCUT2D eigenvalue weighted by molar-refractivity contribution is 0.0311. The van der Waals surface area contributed by atoms with Crippen LogP contribution in [0, 0.1) is 23.5 Å². The number of nitrogens with zero attached hydrogens (tertiary/aromatic N) is 2. The normalized spacial score (nSPS) is 28.4. The monoisotopic (exact) mass is 390 g/mol. The van der Waals surface area contributed by atoms with Crippen molar-refractivity contribution in [2.45, 2.75) is 31.0 Å². The quantitative estimate of drug-likeness (QED) is 0.731. The van der Waals surface area contributed by atoms with E-state index in [2.05, 4.69) is 9.88 Å². The number of hydrogen-bond acceptors (Lipinski definition) is 5.